The summed E-state index contributed by atoms with van der Waals surface area (Å²) in [6.07, 6.45) is 2.31. The van der Waals surface area contributed by atoms with Crippen molar-refractivity contribution in [2.75, 3.05) is 25.2 Å². The fraction of sp³-hybridized carbons (Fsp3) is 0.500. The van der Waals surface area contributed by atoms with Gasteiger partial charge in [0.1, 0.15) is 18.6 Å². The van der Waals surface area contributed by atoms with Crippen LogP contribution in [0.4, 0.5) is 10.1 Å². The van der Waals surface area contributed by atoms with Crippen LogP contribution in [0.2, 0.25) is 0 Å². The molecule has 1 aliphatic heterocycles. The highest BCUT2D eigenvalue weighted by molar-refractivity contribution is 5.97. The van der Waals surface area contributed by atoms with E-state index < -0.39 is 23.7 Å². The molecule has 1 aromatic rings. The number of carbonyl (C=O) groups is 3. The molecule has 1 aliphatic rings. The number of halogens is 1. The zero-order valence-electron chi connectivity index (χ0n) is 15.1. The van der Waals surface area contributed by atoms with Gasteiger partial charge in [-0.1, -0.05) is 19.8 Å². The lowest BCUT2D eigenvalue weighted by molar-refractivity contribution is -0.158. The first-order valence-corrected chi connectivity index (χ1v) is 8.81. The molecule has 9 heteroatoms. The summed E-state index contributed by atoms with van der Waals surface area (Å²) in [5, 5.41) is 12.5. The van der Waals surface area contributed by atoms with Gasteiger partial charge < -0.3 is 15.0 Å². The number of amides is 3. The van der Waals surface area contributed by atoms with Gasteiger partial charge in [0.2, 0.25) is 18.2 Å². The molecule has 2 rings (SSSR count). The van der Waals surface area contributed by atoms with E-state index in [0.717, 1.165) is 12.8 Å². The molecule has 148 valence electrons. The summed E-state index contributed by atoms with van der Waals surface area (Å²) in [6.45, 7) is 1.81. The van der Waals surface area contributed by atoms with E-state index in [1.54, 1.807) is 0 Å². The average molecular weight is 381 g/mol. The maximum Gasteiger partial charge on any atom is 0.249 e. The van der Waals surface area contributed by atoms with Gasteiger partial charge in [-0.2, -0.15) is 0 Å². The van der Waals surface area contributed by atoms with Crippen LogP contribution in [0.25, 0.3) is 0 Å². The summed E-state index contributed by atoms with van der Waals surface area (Å²) in [6, 6.07) is 4.45. The van der Waals surface area contributed by atoms with E-state index in [4.69, 9.17) is 4.74 Å². The van der Waals surface area contributed by atoms with E-state index in [1.165, 1.54) is 29.2 Å². The normalized spacial score (nSPS) is 17.4. The fourth-order valence-electron chi connectivity index (χ4n) is 2.88. The zero-order chi connectivity index (χ0) is 19.8. The number of nitrogens with one attached hydrogen (secondary N) is 1. The first kappa shape index (κ1) is 20.8. The van der Waals surface area contributed by atoms with Crippen molar-refractivity contribution in [2.24, 2.45) is 5.92 Å². The number of hydroxylamine groups is 2. The van der Waals surface area contributed by atoms with Crippen LogP contribution in [-0.2, 0) is 19.1 Å². The highest BCUT2D eigenvalue weighted by Gasteiger charge is 2.38. The first-order valence-electron chi connectivity index (χ1n) is 8.81. The highest BCUT2D eigenvalue weighted by Crippen LogP contribution is 2.20. The van der Waals surface area contributed by atoms with Gasteiger partial charge in [-0.25, -0.2) is 9.45 Å². The number of rotatable bonds is 9. The van der Waals surface area contributed by atoms with Crippen LogP contribution in [0.5, 0.6) is 0 Å². The van der Waals surface area contributed by atoms with Gasteiger partial charge >= 0.3 is 0 Å². The van der Waals surface area contributed by atoms with Crippen LogP contribution < -0.4 is 5.32 Å². The molecule has 8 nitrogen and oxygen atoms in total. The summed E-state index contributed by atoms with van der Waals surface area (Å²) in [4.78, 5) is 37.4. The zero-order valence-corrected chi connectivity index (χ0v) is 15.1. The Bertz CT molecular complexity index is 655. The lowest BCUT2D eigenvalue weighted by Crippen LogP contribution is -2.48. The third-order valence-electron chi connectivity index (χ3n) is 4.36. The fourth-order valence-corrected chi connectivity index (χ4v) is 2.88. The van der Waals surface area contributed by atoms with Crippen molar-refractivity contribution in [3.63, 3.8) is 0 Å². The van der Waals surface area contributed by atoms with E-state index in [9.17, 15) is 24.0 Å². The summed E-state index contributed by atoms with van der Waals surface area (Å²) in [5.74, 6) is -1.86. The van der Waals surface area contributed by atoms with Gasteiger partial charge in [0.25, 0.3) is 0 Å². The molecule has 0 spiro atoms. The Balaban J connectivity index is 2.06. The maximum absolute atomic E-state index is 13.0. The molecule has 27 heavy (non-hydrogen) atoms. The molecule has 1 aromatic carbocycles. The van der Waals surface area contributed by atoms with Crippen LogP contribution in [-0.4, -0.2) is 59.3 Å². The predicted octanol–water partition coefficient (Wildman–Crippen LogP) is 1.60. The quantitative estimate of drug-likeness (QED) is 0.385. The Morgan fingerprint density at radius 2 is 2.15 bits per heavy atom. The average Bonchev–Trinajstić information content (AvgIpc) is 3.16. The van der Waals surface area contributed by atoms with Gasteiger partial charge in [-0.15, -0.1) is 0 Å². The molecule has 3 amide bonds. The third kappa shape index (κ3) is 5.73. The molecule has 1 saturated heterocycles. The number of ether oxygens (including phenoxy) is 1. The van der Waals surface area contributed by atoms with Crippen molar-refractivity contribution in [3.05, 3.63) is 30.1 Å². The molecule has 1 heterocycles. The second kappa shape index (κ2) is 9.98. The van der Waals surface area contributed by atoms with Crippen molar-refractivity contribution in [2.45, 2.75) is 32.2 Å². The van der Waals surface area contributed by atoms with Crippen LogP contribution in [0.1, 0.15) is 26.2 Å². The van der Waals surface area contributed by atoms with Crippen molar-refractivity contribution in [1.82, 2.24) is 9.96 Å². The second-order valence-electron chi connectivity index (χ2n) is 6.39. The molecular weight excluding hydrogens is 357 g/mol. The monoisotopic (exact) mass is 381 g/mol. The predicted molar refractivity (Wildman–Crippen MR) is 94.1 cm³/mol. The minimum Gasteiger partial charge on any atom is -0.358 e. The van der Waals surface area contributed by atoms with E-state index >= 15 is 0 Å². The Kier molecular flexibility index (Phi) is 7.68. The lowest BCUT2D eigenvalue weighted by Gasteiger charge is -2.27. The number of nitrogens with zero attached hydrogens (tertiary/aromatic N) is 2. The molecule has 2 N–H and O–H groups in total. The van der Waals surface area contributed by atoms with Gasteiger partial charge in [0.15, 0.2) is 0 Å². The molecule has 0 aliphatic carbocycles. The summed E-state index contributed by atoms with van der Waals surface area (Å²) in [7, 11) is 0. The van der Waals surface area contributed by atoms with E-state index in [0.29, 0.717) is 17.2 Å². The van der Waals surface area contributed by atoms with E-state index in [-0.39, 0.29) is 32.2 Å². The smallest absolute Gasteiger partial charge is 0.249 e. The molecule has 0 bridgehead atoms. The van der Waals surface area contributed by atoms with E-state index in [2.05, 4.69) is 5.32 Å². The standard InChI is InChI=1S/C18H24FN3O5/c1-2-3-4-13(9-21(26)11-23)18(25)22-12-27-10-16(22)17(24)20-15-7-5-14(19)6-8-15/h5-8,11,13,16,26H,2-4,9-10,12H2,1H3,(H,20,24)/t13-,16+/m1/s1. The Hall–Kier alpha value is -2.52. The Morgan fingerprint density at radius 3 is 2.78 bits per heavy atom. The van der Waals surface area contributed by atoms with Crippen molar-refractivity contribution in [1.29, 1.82) is 0 Å². The molecule has 0 radical (unpaired) electrons. The van der Waals surface area contributed by atoms with Gasteiger partial charge in [0, 0.05) is 5.69 Å². The third-order valence-corrected chi connectivity index (χ3v) is 4.36. The van der Waals surface area contributed by atoms with Crippen LogP contribution in [0.15, 0.2) is 24.3 Å². The summed E-state index contributed by atoms with van der Waals surface area (Å²) >= 11 is 0. The van der Waals surface area contributed by atoms with Crippen LogP contribution >= 0.6 is 0 Å². The molecule has 0 unspecified atom stereocenters. The number of carbonyl (C=O) groups excluding carboxylic acids is 3. The second-order valence-corrected chi connectivity index (χ2v) is 6.39. The number of benzene rings is 1. The molecule has 1 fully saturated rings. The first-order chi connectivity index (χ1) is 13.0. The van der Waals surface area contributed by atoms with E-state index in [1.807, 2.05) is 6.92 Å². The summed E-state index contributed by atoms with van der Waals surface area (Å²) < 4.78 is 18.3. The van der Waals surface area contributed by atoms with Crippen molar-refractivity contribution in [3.8, 4) is 0 Å². The number of unbranched alkanes of at least 4 members (excludes halogenated alkanes) is 1. The highest BCUT2D eigenvalue weighted by atomic mass is 19.1. The number of hydrogen-bond donors (Lipinski definition) is 2. The summed E-state index contributed by atoms with van der Waals surface area (Å²) in [5.41, 5.74) is 0.408. The van der Waals surface area contributed by atoms with Gasteiger partial charge in [-0.3, -0.25) is 19.6 Å². The van der Waals surface area contributed by atoms with Gasteiger partial charge in [0.05, 0.1) is 19.1 Å². The van der Waals surface area contributed by atoms with Crippen molar-refractivity contribution < 1.29 is 28.7 Å². The molecule has 0 aromatic heterocycles. The maximum atomic E-state index is 13.0. The van der Waals surface area contributed by atoms with Crippen molar-refractivity contribution >= 4 is 23.9 Å². The SMILES string of the molecule is CCCC[C@H](CN(O)C=O)C(=O)N1COC[C@H]1C(=O)Nc1ccc(F)cc1. The largest absolute Gasteiger partial charge is 0.358 e. The molecule has 0 saturated carbocycles. The topological polar surface area (TPSA) is 99.2 Å². The number of anilines is 1. The molecular formula is C18H24FN3O5. The minimum absolute atomic E-state index is 0.0375. The van der Waals surface area contributed by atoms with Crippen LogP contribution in [0, 0.1) is 11.7 Å². The minimum atomic E-state index is -0.838. The lowest BCUT2D eigenvalue weighted by atomic mass is 9.99. The van der Waals surface area contributed by atoms with Gasteiger partial charge in [-0.05, 0) is 30.7 Å². The Morgan fingerprint density at radius 1 is 1.44 bits per heavy atom. The Labute approximate surface area is 156 Å². The number of hydrogen-bond acceptors (Lipinski definition) is 5. The van der Waals surface area contributed by atoms with Crippen LogP contribution in [0.3, 0.4) is 0 Å². The molecule has 2 atom stereocenters.